The van der Waals surface area contributed by atoms with E-state index in [1.807, 2.05) is 0 Å². The van der Waals surface area contributed by atoms with Crippen LogP contribution < -0.4 is 0 Å². The highest BCUT2D eigenvalue weighted by Crippen LogP contribution is 2.14. The standard InChI is InChI=1S/C12H8FNO2/c13-9-2-5-11-8(7-9)1-3-10(14-11)4-6-12(15)16/h1-7H,(H,15,16)/b6-4+. The molecule has 1 aromatic carbocycles. The van der Waals surface area contributed by atoms with Gasteiger partial charge in [-0.25, -0.2) is 14.2 Å². The van der Waals surface area contributed by atoms with E-state index in [2.05, 4.69) is 4.98 Å². The average Bonchev–Trinajstić information content (AvgIpc) is 2.26. The van der Waals surface area contributed by atoms with Gasteiger partial charge in [-0.2, -0.15) is 0 Å². The number of hydrogen-bond acceptors (Lipinski definition) is 2. The summed E-state index contributed by atoms with van der Waals surface area (Å²) in [4.78, 5) is 14.5. The molecule has 0 spiro atoms. The largest absolute Gasteiger partial charge is 0.478 e. The molecule has 0 atom stereocenters. The van der Waals surface area contributed by atoms with E-state index < -0.39 is 5.97 Å². The van der Waals surface area contributed by atoms with E-state index >= 15 is 0 Å². The highest BCUT2D eigenvalue weighted by atomic mass is 19.1. The normalized spacial score (nSPS) is 11.1. The number of benzene rings is 1. The maximum atomic E-state index is 12.9. The zero-order valence-electron chi connectivity index (χ0n) is 8.22. The SMILES string of the molecule is O=C(O)/C=C/c1ccc2cc(F)ccc2n1. The van der Waals surface area contributed by atoms with Crippen LogP contribution in [0.5, 0.6) is 0 Å². The summed E-state index contributed by atoms with van der Waals surface area (Å²) in [5.41, 5.74) is 1.16. The van der Waals surface area contributed by atoms with Crippen molar-refractivity contribution in [2.45, 2.75) is 0 Å². The summed E-state index contributed by atoms with van der Waals surface area (Å²) in [5, 5.41) is 9.15. The van der Waals surface area contributed by atoms with Crippen LogP contribution in [0.3, 0.4) is 0 Å². The molecular weight excluding hydrogens is 209 g/mol. The molecule has 0 radical (unpaired) electrons. The first kappa shape index (κ1) is 10.3. The predicted molar refractivity (Wildman–Crippen MR) is 58.4 cm³/mol. The maximum absolute atomic E-state index is 12.9. The summed E-state index contributed by atoms with van der Waals surface area (Å²) in [7, 11) is 0. The molecule has 1 heterocycles. The average molecular weight is 217 g/mol. The van der Waals surface area contributed by atoms with Crippen LogP contribution in [0.2, 0.25) is 0 Å². The second-order valence-electron chi connectivity index (χ2n) is 3.24. The summed E-state index contributed by atoms with van der Waals surface area (Å²) in [6.07, 6.45) is 2.41. The van der Waals surface area contributed by atoms with Crippen LogP contribution in [0.4, 0.5) is 4.39 Å². The zero-order valence-corrected chi connectivity index (χ0v) is 8.22. The van der Waals surface area contributed by atoms with E-state index in [4.69, 9.17) is 5.11 Å². The number of nitrogens with zero attached hydrogens (tertiary/aromatic N) is 1. The van der Waals surface area contributed by atoms with Crippen LogP contribution in [0, 0.1) is 5.82 Å². The molecule has 1 N–H and O–H groups in total. The van der Waals surface area contributed by atoms with Crippen molar-refractivity contribution in [1.29, 1.82) is 0 Å². The Morgan fingerprint density at radius 2 is 2.12 bits per heavy atom. The quantitative estimate of drug-likeness (QED) is 0.786. The fourth-order valence-electron chi connectivity index (χ4n) is 1.36. The highest BCUT2D eigenvalue weighted by Gasteiger charge is 1.98. The highest BCUT2D eigenvalue weighted by molar-refractivity contribution is 5.86. The van der Waals surface area contributed by atoms with E-state index in [1.165, 1.54) is 18.2 Å². The second-order valence-corrected chi connectivity index (χ2v) is 3.24. The number of fused-ring (bicyclic) bond motifs is 1. The van der Waals surface area contributed by atoms with Crippen LogP contribution >= 0.6 is 0 Å². The minimum Gasteiger partial charge on any atom is -0.478 e. The third-order valence-electron chi connectivity index (χ3n) is 2.07. The van der Waals surface area contributed by atoms with Gasteiger partial charge in [0.25, 0.3) is 0 Å². The number of halogens is 1. The first-order valence-corrected chi connectivity index (χ1v) is 4.62. The molecule has 0 saturated heterocycles. The van der Waals surface area contributed by atoms with Gasteiger partial charge in [-0.05, 0) is 30.3 Å². The number of pyridine rings is 1. The van der Waals surface area contributed by atoms with Crippen molar-refractivity contribution >= 4 is 22.9 Å². The third-order valence-corrected chi connectivity index (χ3v) is 2.07. The Kier molecular flexibility index (Phi) is 2.64. The van der Waals surface area contributed by atoms with Crippen molar-refractivity contribution in [2.75, 3.05) is 0 Å². The number of carboxylic acid groups (broad SMARTS) is 1. The van der Waals surface area contributed by atoms with Gasteiger partial charge in [0.1, 0.15) is 5.82 Å². The first-order valence-electron chi connectivity index (χ1n) is 4.62. The van der Waals surface area contributed by atoms with Crippen LogP contribution in [0.15, 0.2) is 36.4 Å². The minimum absolute atomic E-state index is 0.317. The molecule has 0 saturated carbocycles. The molecule has 0 aliphatic heterocycles. The lowest BCUT2D eigenvalue weighted by atomic mass is 10.2. The van der Waals surface area contributed by atoms with Gasteiger partial charge >= 0.3 is 5.97 Å². The Bertz CT molecular complexity index is 578. The van der Waals surface area contributed by atoms with Gasteiger partial charge in [-0.1, -0.05) is 6.07 Å². The number of rotatable bonds is 2. The van der Waals surface area contributed by atoms with Crippen LogP contribution in [-0.4, -0.2) is 16.1 Å². The fraction of sp³-hybridized carbons (Fsp3) is 0. The van der Waals surface area contributed by atoms with Crippen LogP contribution in [0.25, 0.3) is 17.0 Å². The number of carbonyl (C=O) groups is 1. The van der Waals surface area contributed by atoms with E-state index in [-0.39, 0.29) is 5.82 Å². The van der Waals surface area contributed by atoms with E-state index in [0.29, 0.717) is 16.6 Å². The van der Waals surface area contributed by atoms with Gasteiger partial charge in [0.05, 0.1) is 11.2 Å². The molecule has 80 valence electrons. The molecule has 16 heavy (non-hydrogen) atoms. The first-order chi connectivity index (χ1) is 7.65. The molecule has 3 nitrogen and oxygen atoms in total. The summed E-state index contributed by atoms with van der Waals surface area (Å²) < 4.78 is 12.9. The Morgan fingerprint density at radius 3 is 2.88 bits per heavy atom. The van der Waals surface area contributed by atoms with E-state index in [1.54, 1.807) is 18.2 Å². The molecule has 0 aliphatic rings. The van der Waals surface area contributed by atoms with Crippen molar-refractivity contribution in [3.8, 4) is 0 Å². The zero-order chi connectivity index (χ0) is 11.5. The topological polar surface area (TPSA) is 50.2 Å². The summed E-state index contributed by atoms with van der Waals surface area (Å²) >= 11 is 0. The Hall–Kier alpha value is -2.23. The van der Waals surface area contributed by atoms with Crippen molar-refractivity contribution in [2.24, 2.45) is 0 Å². The van der Waals surface area contributed by atoms with Crippen LogP contribution in [-0.2, 0) is 4.79 Å². The molecule has 0 amide bonds. The smallest absolute Gasteiger partial charge is 0.328 e. The monoisotopic (exact) mass is 217 g/mol. The van der Waals surface area contributed by atoms with Gasteiger partial charge in [0.2, 0.25) is 0 Å². The summed E-state index contributed by atoms with van der Waals surface area (Å²) in [6.45, 7) is 0. The predicted octanol–water partition coefficient (Wildman–Crippen LogP) is 2.47. The molecule has 2 rings (SSSR count). The Labute approximate surface area is 90.9 Å². The van der Waals surface area contributed by atoms with Gasteiger partial charge in [-0.3, -0.25) is 0 Å². The second kappa shape index (κ2) is 4.10. The number of aromatic nitrogens is 1. The minimum atomic E-state index is -1.03. The lowest BCUT2D eigenvalue weighted by molar-refractivity contribution is -0.131. The molecule has 4 heteroatoms. The molecule has 0 unspecified atom stereocenters. The van der Waals surface area contributed by atoms with Gasteiger partial charge in [-0.15, -0.1) is 0 Å². The lowest BCUT2D eigenvalue weighted by Gasteiger charge is -1.98. The number of aliphatic carboxylic acids is 1. The third kappa shape index (κ3) is 2.23. The fourth-order valence-corrected chi connectivity index (χ4v) is 1.36. The Balaban J connectivity index is 2.44. The van der Waals surface area contributed by atoms with Gasteiger partial charge in [0.15, 0.2) is 0 Å². The lowest BCUT2D eigenvalue weighted by Crippen LogP contribution is -1.88. The maximum Gasteiger partial charge on any atom is 0.328 e. The molecule has 0 fully saturated rings. The van der Waals surface area contributed by atoms with Gasteiger partial charge < -0.3 is 5.11 Å². The molecule has 0 aliphatic carbocycles. The van der Waals surface area contributed by atoms with Crippen LogP contribution in [0.1, 0.15) is 5.69 Å². The van der Waals surface area contributed by atoms with Crippen molar-refractivity contribution in [3.63, 3.8) is 0 Å². The molecule has 2 aromatic rings. The van der Waals surface area contributed by atoms with Gasteiger partial charge in [0, 0.05) is 11.5 Å². The Morgan fingerprint density at radius 1 is 1.31 bits per heavy atom. The summed E-state index contributed by atoms with van der Waals surface area (Å²) in [6, 6.07) is 7.60. The van der Waals surface area contributed by atoms with E-state index in [0.717, 1.165) is 6.08 Å². The van der Waals surface area contributed by atoms with E-state index in [9.17, 15) is 9.18 Å². The summed E-state index contributed by atoms with van der Waals surface area (Å²) in [5.74, 6) is -1.34. The molecular formula is C12H8FNO2. The number of hydrogen-bond donors (Lipinski definition) is 1. The van der Waals surface area contributed by atoms with Crippen molar-refractivity contribution in [3.05, 3.63) is 47.9 Å². The van der Waals surface area contributed by atoms with Crippen molar-refractivity contribution < 1.29 is 14.3 Å². The van der Waals surface area contributed by atoms with Crippen molar-refractivity contribution in [1.82, 2.24) is 4.98 Å². The number of carboxylic acids is 1. The molecule has 0 bridgehead atoms. The molecule has 1 aromatic heterocycles.